The van der Waals surface area contributed by atoms with E-state index in [1.54, 1.807) is 18.4 Å². The van der Waals surface area contributed by atoms with E-state index in [-0.39, 0.29) is 11.8 Å². The monoisotopic (exact) mass is 402 g/mol. The van der Waals surface area contributed by atoms with E-state index in [9.17, 15) is 0 Å². The zero-order valence-electron chi connectivity index (χ0n) is 14.0. The molecule has 0 bridgehead atoms. The highest BCUT2D eigenvalue weighted by Crippen LogP contribution is 2.77. The summed E-state index contributed by atoms with van der Waals surface area (Å²) in [7, 11) is 1.65. The van der Waals surface area contributed by atoms with E-state index < -0.39 is 9.93 Å². The third-order valence-electron chi connectivity index (χ3n) is 5.47. The summed E-state index contributed by atoms with van der Waals surface area (Å²) in [5.74, 6) is 1.70. The van der Waals surface area contributed by atoms with Crippen LogP contribution in [-0.4, -0.2) is 11.4 Å². The molecule has 0 unspecified atom stereocenters. The van der Waals surface area contributed by atoms with Gasteiger partial charge in [0.15, 0.2) is 9.93 Å². The first-order chi connectivity index (χ1) is 12.6. The fourth-order valence-corrected chi connectivity index (χ4v) is 6.08. The zero-order valence-corrected chi connectivity index (χ0v) is 16.3. The predicted molar refractivity (Wildman–Crippen MR) is 106 cm³/mol. The Bertz CT molecular complexity index is 952. The lowest BCUT2D eigenvalue weighted by atomic mass is 9.86. The molecule has 3 aromatic rings. The maximum Gasteiger partial charge on any atom is 0.174 e. The zero-order chi connectivity index (χ0) is 17.9. The van der Waals surface area contributed by atoms with Crippen LogP contribution in [0, 0.1) is 5.92 Å². The van der Waals surface area contributed by atoms with Gasteiger partial charge in [-0.25, -0.2) is 0 Å². The molecule has 1 saturated carbocycles. The maximum atomic E-state index is 6.89. The van der Waals surface area contributed by atoms with E-state index in [1.165, 1.54) is 4.88 Å². The van der Waals surface area contributed by atoms with Gasteiger partial charge in [-0.1, -0.05) is 59.6 Å². The summed E-state index contributed by atoms with van der Waals surface area (Å²) in [5.41, 5.74) is 1.36. The summed E-state index contributed by atoms with van der Waals surface area (Å²) >= 11 is 15.5. The molecule has 2 heterocycles. The molecule has 0 amide bonds. The van der Waals surface area contributed by atoms with Crippen LogP contribution in [0.5, 0.6) is 11.5 Å². The Morgan fingerprint density at radius 2 is 1.77 bits per heavy atom. The summed E-state index contributed by atoms with van der Waals surface area (Å²) in [4.78, 5) is 1.26. The highest BCUT2D eigenvalue weighted by molar-refractivity contribution is 7.10. The summed E-state index contributed by atoms with van der Waals surface area (Å²) in [6.07, 6.45) is 0. The van der Waals surface area contributed by atoms with Crippen LogP contribution in [0.2, 0.25) is 0 Å². The van der Waals surface area contributed by atoms with Crippen LogP contribution in [-0.2, 0) is 5.60 Å². The van der Waals surface area contributed by atoms with Gasteiger partial charge >= 0.3 is 0 Å². The van der Waals surface area contributed by atoms with Crippen molar-refractivity contribution in [2.75, 3.05) is 7.11 Å². The average molecular weight is 403 g/mol. The molecule has 0 N–H and O–H groups in total. The number of rotatable bonds is 3. The summed E-state index contributed by atoms with van der Waals surface area (Å²) in [6, 6.07) is 20.2. The van der Waals surface area contributed by atoms with Crippen molar-refractivity contribution < 1.29 is 9.47 Å². The van der Waals surface area contributed by atoms with Crippen molar-refractivity contribution >= 4 is 34.5 Å². The minimum Gasteiger partial charge on any atom is -0.497 e. The van der Waals surface area contributed by atoms with E-state index in [4.69, 9.17) is 32.7 Å². The van der Waals surface area contributed by atoms with Crippen molar-refractivity contribution in [3.8, 4) is 11.5 Å². The second kappa shape index (κ2) is 5.66. The number of fused-ring (bicyclic) bond motifs is 2. The maximum absolute atomic E-state index is 6.89. The normalized spacial score (nSPS) is 27.8. The van der Waals surface area contributed by atoms with Crippen LogP contribution >= 0.6 is 34.5 Å². The van der Waals surface area contributed by atoms with Crippen molar-refractivity contribution in [1.82, 2.24) is 0 Å². The van der Waals surface area contributed by atoms with Crippen LogP contribution in [0.25, 0.3) is 0 Å². The van der Waals surface area contributed by atoms with E-state index in [1.807, 2.05) is 42.5 Å². The molecule has 5 heteroatoms. The number of thiophene rings is 1. The smallest absolute Gasteiger partial charge is 0.174 e. The van der Waals surface area contributed by atoms with Gasteiger partial charge in [0.05, 0.1) is 13.0 Å². The van der Waals surface area contributed by atoms with Crippen molar-refractivity contribution in [1.29, 1.82) is 0 Å². The second-order valence-corrected chi connectivity index (χ2v) is 9.06. The number of ether oxygens (including phenoxy) is 2. The molecule has 1 fully saturated rings. The molecule has 26 heavy (non-hydrogen) atoms. The molecule has 1 aromatic heterocycles. The van der Waals surface area contributed by atoms with Gasteiger partial charge in [0.1, 0.15) is 11.5 Å². The first kappa shape index (κ1) is 16.5. The second-order valence-electron chi connectivity index (χ2n) is 6.70. The Morgan fingerprint density at radius 3 is 2.46 bits per heavy atom. The van der Waals surface area contributed by atoms with E-state index in [0.29, 0.717) is 0 Å². The lowest BCUT2D eigenvalue weighted by Gasteiger charge is -2.31. The third kappa shape index (κ3) is 2.05. The Hall–Kier alpha value is -1.68. The molecule has 132 valence electrons. The topological polar surface area (TPSA) is 18.5 Å². The van der Waals surface area contributed by atoms with Crippen LogP contribution in [0.15, 0.2) is 66.0 Å². The molecule has 0 radical (unpaired) electrons. The average Bonchev–Trinajstić information content (AvgIpc) is 3.02. The highest BCUT2D eigenvalue weighted by Gasteiger charge is 2.83. The number of hydrogen-bond donors (Lipinski definition) is 0. The van der Waals surface area contributed by atoms with E-state index in [2.05, 4.69) is 23.6 Å². The third-order valence-corrected chi connectivity index (χ3v) is 7.45. The van der Waals surface area contributed by atoms with Crippen LogP contribution in [0.1, 0.15) is 21.9 Å². The SMILES string of the molecule is COc1ccc([C@]23Oc4ccccc4[C@@H](c4cccs4)[C@@H]2C3(Cl)Cl)cc1. The largest absolute Gasteiger partial charge is 0.497 e. The lowest BCUT2D eigenvalue weighted by Crippen LogP contribution is -2.28. The predicted octanol–water partition coefficient (Wildman–Crippen LogP) is 5.98. The summed E-state index contributed by atoms with van der Waals surface area (Å²) in [5, 5.41) is 2.09. The standard InChI is InChI=1S/C21H16Cl2O2S/c1-24-14-10-8-13(9-11-14)20-19(21(20,22)23)18(17-7-4-12-26-17)15-5-2-3-6-16(15)25-20/h2-12,18-19H,1H3/t18-,19-,20-/m0/s1. The molecule has 0 saturated heterocycles. The summed E-state index contributed by atoms with van der Waals surface area (Å²) < 4.78 is 10.8. The van der Waals surface area contributed by atoms with Crippen LogP contribution in [0.4, 0.5) is 0 Å². The van der Waals surface area contributed by atoms with Crippen LogP contribution in [0.3, 0.4) is 0 Å². The van der Waals surface area contributed by atoms with Crippen LogP contribution < -0.4 is 9.47 Å². The Morgan fingerprint density at radius 1 is 1.00 bits per heavy atom. The quantitative estimate of drug-likeness (QED) is 0.501. The Balaban J connectivity index is 1.70. The van der Waals surface area contributed by atoms with Gasteiger partial charge in [0, 0.05) is 16.4 Å². The van der Waals surface area contributed by atoms with E-state index >= 15 is 0 Å². The molecular formula is C21H16Cl2O2S. The minimum absolute atomic E-state index is 0.0553. The Labute approximate surface area is 166 Å². The number of benzene rings is 2. The molecule has 1 aliphatic carbocycles. The number of halogens is 2. The molecule has 3 atom stereocenters. The summed E-state index contributed by atoms with van der Waals surface area (Å²) in [6.45, 7) is 0. The molecule has 1 aliphatic heterocycles. The number of methoxy groups -OCH3 is 1. The first-order valence-corrected chi connectivity index (χ1v) is 10.1. The first-order valence-electron chi connectivity index (χ1n) is 8.43. The van der Waals surface area contributed by atoms with Gasteiger partial charge in [-0.15, -0.1) is 11.3 Å². The van der Waals surface area contributed by atoms with Crippen molar-refractivity contribution in [2.45, 2.75) is 15.9 Å². The highest BCUT2D eigenvalue weighted by atomic mass is 35.5. The lowest BCUT2D eigenvalue weighted by molar-refractivity contribution is 0.138. The number of para-hydroxylation sites is 1. The van der Waals surface area contributed by atoms with Gasteiger partial charge in [0.2, 0.25) is 0 Å². The molecule has 5 rings (SSSR count). The van der Waals surface area contributed by atoms with Gasteiger partial charge in [0.25, 0.3) is 0 Å². The Kier molecular flexibility index (Phi) is 3.59. The molecule has 2 aliphatic rings. The van der Waals surface area contributed by atoms with Gasteiger partial charge in [-0.2, -0.15) is 0 Å². The van der Waals surface area contributed by atoms with Crippen molar-refractivity contribution in [3.05, 3.63) is 82.0 Å². The van der Waals surface area contributed by atoms with Gasteiger partial charge in [-0.05, 0) is 35.2 Å². The number of hydrogen-bond acceptors (Lipinski definition) is 3. The molecule has 2 nitrogen and oxygen atoms in total. The van der Waals surface area contributed by atoms with Gasteiger partial charge < -0.3 is 9.47 Å². The van der Waals surface area contributed by atoms with Gasteiger partial charge in [-0.3, -0.25) is 0 Å². The molecule has 2 aromatic carbocycles. The number of alkyl halides is 2. The van der Waals surface area contributed by atoms with E-state index in [0.717, 1.165) is 22.6 Å². The minimum atomic E-state index is -1.00. The fraction of sp³-hybridized carbons (Fsp3) is 0.238. The molecular weight excluding hydrogens is 387 g/mol. The van der Waals surface area contributed by atoms with Crippen molar-refractivity contribution in [2.24, 2.45) is 5.92 Å². The molecule has 0 spiro atoms. The van der Waals surface area contributed by atoms with Crippen molar-refractivity contribution in [3.63, 3.8) is 0 Å². The fourth-order valence-electron chi connectivity index (χ4n) is 4.22.